The van der Waals surface area contributed by atoms with Crippen molar-refractivity contribution < 1.29 is 0 Å². The van der Waals surface area contributed by atoms with E-state index in [1.807, 2.05) is 6.08 Å². The molecular formula is C28H28B2. The second-order valence-corrected chi connectivity index (χ2v) is 8.96. The van der Waals surface area contributed by atoms with Crippen LogP contribution in [0.5, 0.6) is 0 Å². The Balaban J connectivity index is 1.89. The predicted octanol–water partition coefficient (Wildman–Crippen LogP) is 5.60. The molecular weight excluding hydrogens is 358 g/mol. The first-order valence-electron chi connectivity index (χ1n) is 10.7. The molecule has 4 rings (SSSR count). The molecule has 2 aliphatic heterocycles. The molecule has 3 aliphatic rings. The smallest absolute Gasteiger partial charge is 0.0996 e. The van der Waals surface area contributed by atoms with E-state index in [1.54, 1.807) is 0 Å². The van der Waals surface area contributed by atoms with Gasteiger partial charge in [-0.25, -0.2) is 0 Å². The molecule has 2 heteroatoms. The highest BCUT2D eigenvalue weighted by molar-refractivity contribution is 6.71. The Morgan fingerprint density at radius 1 is 0.933 bits per heavy atom. The molecule has 0 spiro atoms. The van der Waals surface area contributed by atoms with E-state index in [0.29, 0.717) is 0 Å². The molecule has 0 bridgehead atoms. The van der Waals surface area contributed by atoms with Crippen LogP contribution in [0.3, 0.4) is 0 Å². The highest BCUT2D eigenvalue weighted by atomic mass is 14.2. The molecule has 0 aromatic heterocycles. The fourth-order valence-corrected chi connectivity index (χ4v) is 4.25. The van der Waals surface area contributed by atoms with Crippen molar-refractivity contribution >= 4 is 36.6 Å². The Hall–Kier alpha value is -2.73. The number of rotatable bonds is 2. The van der Waals surface area contributed by atoms with Crippen molar-refractivity contribution in [3.8, 4) is 0 Å². The molecule has 1 aliphatic carbocycles. The summed E-state index contributed by atoms with van der Waals surface area (Å²) in [5.74, 6) is 0. The summed E-state index contributed by atoms with van der Waals surface area (Å²) in [5, 5.41) is 0. The highest BCUT2D eigenvalue weighted by Crippen LogP contribution is 2.34. The van der Waals surface area contributed by atoms with Crippen molar-refractivity contribution in [2.75, 3.05) is 0 Å². The third-order valence-electron chi connectivity index (χ3n) is 6.04. The number of fused-ring (bicyclic) bond motifs is 4. The lowest BCUT2D eigenvalue weighted by Crippen LogP contribution is -2.21. The molecule has 1 aromatic carbocycles. The molecule has 0 saturated heterocycles. The molecule has 2 radical (unpaired) electrons. The number of benzene rings is 1. The van der Waals surface area contributed by atoms with Gasteiger partial charge in [0, 0.05) is 5.41 Å². The zero-order chi connectivity index (χ0) is 21.5. The summed E-state index contributed by atoms with van der Waals surface area (Å²) in [5.41, 5.74) is 12.8. The average Bonchev–Trinajstić information content (AvgIpc) is 3.24. The van der Waals surface area contributed by atoms with Crippen LogP contribution in [0.4, 0.5) is 0 Å². The number of hydrogen-bond donors (Lipinski definition) is 0. The minimum absolute atomic E-state index is 0.0241. The van der Waals surface area contributed by atoms with Gasteiger partial charge in [0.25, 0.3) is 0 Å². The van der Waals surface area contributed by atoms with E-state index in [0.717, 1.165) is 0 Å². The zero-order valence-corrected chi connectivity index (χ0v) is 18.7. The number of hydrogen-bond acceptors (Lipinski definition) is 0. The van der Waals surface area contributed by atoms with Crippen LogP contribution < -0.4 is 10.9 Å². The predicted molar refractivity (Wildman–Crippen MR) is 136 cm³/mol. The van der Waals surface area contributed by atoms with E-state index in [-0.39, 0.29) is 5.41 Å². The van der Waals surface area contributed by atoms with E-state index in [9.17, 15) is 0 Å². The van der Waals surface area contributed by atoms with Gasteiger partial charge in [-0.2, -0.15) is 0 Å². The largest absolute Gasteiger partial charge is 0.193 e. The summed E-state index contributed by atoms with van der Waals surface area (Å²) in [6, 6.07) is 4.69. The zero-order valence-electron chi connectivity index (χ0n) is 18.7. The van der Waals surface area contributed by atoms with Gasteiger partial charge in [0.1, 0.15) is 0 Å². The van der Waals surface area contributed by atoms with Crippen LogP contribution in [0.15, 0.2) is 95.5 Å². The van der Waals surface area contributed by atoms with Crippen LogP contribution in [-0.2, 0) is 0 Å². The third-order valence-corrected chi connectivity index (χ3v) is 6.04. The minimum Gasteiger partial charge on any atom is -0.0996 e. The Labute approximate surface area is 183 Å². The summed E-state index contributed by atoms with van der Waals surface area (Å²) in [6.07, 6.45) is 19.8. The first kappa shape index (κ1) is 20.5. The Morgan fingerprint density at radius 2 is 1.63 bits per heavy atom. The van der Waals surface area contributed by atoms with Crippen LogP contribution in [0.2, 0.25) is 0 Å². The molecule has 30 heavy (non-hydrogen) atoms. The van der Waals surface area contributed by atoms with Gasteiger partial charge in [0.2, 0.25) is 0 Å². The first-order chi connectivity index (χ1) is 14.3. The van der Waals surface area contributed by atoms with Crippen molar-refractivity contribution in [1.29, 1.82) is 0 Å². The molecule has 0 nitrogen and oxygen atoms in total. The molecule has 0 unspecified atom stereocenters. The van der Waals surface area contributed by atoms with Crippen LogP contribution in [0, 0.1) is 5.41 Å². The highest BCUT2D eigenvalue weighted by Gasteiger charge is 2.28. The molecule has 0 saturated carbocycles. The Morgan fingerprint density at radius 3 is 2.37 bits per heavy atom. The van der Waals surface area contributed by atoms with Crippen molar-refractivity contribution in [3.63, 3.8) is 0 Å². The van der Waals surface area contributed by atoms with Crippen LogP contribution >= 0.6 is 0 Å². The van der Waals surface area contributed by atoms with Crippen LogP contribution in [0.25, 0.3) is 11.1 Å². The lowest BCUT2D eigenvalue weighted by Gasteiger charge is -2.15. The fraction of sp³-hybridized carbons (Fsp3) is 0.214. The van der Waals surface area contributed by atoms with E-state index in [1.165, 1.54) is 55.3 Å². The maximum atomic E-state index is 4.01. The van der Waals surface area contributed by atoms with Crippen molar-refractivity contribution in [2.45, 2.75) is 34.6 Å². The molecule has 2 heterocycles. The SMILES string of the molecule is C=CC1=C(/C=C\C)c2cc3c(cc2[B]1)C1=C/C=C(C)/C=C\C(C)(C)/C=C\C(C)=C1[B]3. The summed E-state index contributed by atoms with van der Waals surface area (Å²) in [7, 11) is 4.60. The quantitative estimate of drug-likeness (QED) is 0.581. The average molecular weight is 386 g/mol. The standard InChI is InChI=1S/C28H28B2/c1-7-9-20-22-16-26-23(17-25(22)29-24(20)8-2)21-11-10-18(3)12-14-28(5,6)15-13-19(4)27(21)30-26/h7-17H,2H2,1,3-6H3/b9-7-,14-12-,15-13-,18-10+,21-11?,27-19?. The first-order valence-corrected chi connectivity index (χ1v) is 10.7. The topological polar surface area (TPSA) is 0 Å². The summed E-state index contributed by atoms with van der Waals surface area (Å²) >= 11 is 0. The lowest BCUT2D eigenvalue weighted by molar-refractivity contribution is 0.625. The second kappa shape index (κ2) is 7.84. The number of allylic oxidation sites excluding steroid dienone is 15. The molecule has 0 fully saturated rings. The lowest BCUT2D eigenvalue weighted by atomic mass is 9.64. The van der Waals surface area contributed by atoms with E-state index >= 15 is 0 Å². The van der Waals surface area contributed by atoms with Gasteiger partial charge >= 0.3 is 0 Å². The molecule has 0 atom stereocenters. The maximum absolute atomic E-state index is 4.01. The van der Waals surface area contributed by atoms with Crippen LogP contribution in [-0.4, -0.2) is 14.6 Å². The van der Waals surface area contributed by atoms with E-state index in [2.05, 4.69) is 116 Å². The minimum atomic E-state index is 0.0241. The molecule has 1 aromatic rings. The third kappa shape index (κ3) is 3.72. The molecule has 146 valence electrons. The monoisotopic (exact) mass is 386 g/mol. The summed E-state index contributed by atoms with van der Waals surface area (Å²) in [6.45, 7) is 15.0. The van der Waals surface area contributed by atoms with Gasteiger partial charge in [-0.3, -0.25) is 0 Å². The molecule has 0 N–H and O–H groups in total. The normalized spacial score (nSPS) is 23.4. The van der Waals surface area contributed by atoms with Gasteiger partial charge in [-0.05, 0) is 43.0 Å². The van der Waals surface area contributed by atoms with E-state index in [4.69, 9.17) is 0 Å². The Kier molecular flexibility index (Phi) is 5.36. The van der Waals surface area contributed by atoms with Crippen molar-refractivity contribution in [1.82, 2.24) is 0 Å². The van der Waals surface area contributed by atoms with Crippen molar-refractivity contribution in [2.24, 2.45) is 5.41 Å². The summed E-state index contributed by atoms with van der Waals surface area (Å²) < 4.78 is 0. The maximum Gasteiger partial charge on any atom is 0.193 e. The second-order valence-electron chi connectivity index (χ2n) is 8.96. The van der Waals surface area contributed by atoms with Gasteiger partial charge in [-0.15, -0.1) is 0 Å². The van der Waals surface area contributed by atoms with E-state index < -0.39 is 0 Å². The molecule has 0 amide bonds. The van der Waals surface area contributed by atoms with Gasteiger partial charge in [-0.1, -0.05) is 120 Å². The summed E-state index contributed by atoms with van der Waals surface area (Å²) in [4.78, 5) is 0. The van der Waals surface area contributed by atoms with Gasteiger partial charge < -0.3 is 0 Å². The van der Waals surface area contributed by atoms with Gasteiger partial charge in [0.05, 0.1) is 0 Å². The van der Waals surface area contributed by atoms with Gasteiger partial charge in [0.15, 0.2) is 14.6 Å². The fourth-order valence-electron chi connectivity index (χ4n) is 4.25. The Bertz CT molecular complexity index is 1140. The van der Waals surface area contributed by atoms with Crippen molar-refractivity contribution in [3.05, 3.63) is 107 Å². The van der Waals surface area contributed by atoms with Crippen LogP contribution in [0.1, 0.15) is 45.7 Å².